The summed E-state index contributed by atoms with van der Waals surface area (Å²) in [6.07, 6.45) is 0.655. The molecule has 0 saturated carbocycles. The maximum Gasteiger partial charge on any atom is 0.277 e. The molecule has 1 amide bonds. The molecule has 0 radical (unpaired) electrons. The maximum absolute atomic E-state index is 11.9. The minimum atomic E-state index is -0.212. The minimum Gasteiger partial charge on any atom is -0.416 e. The Morgan fingerprint density at radius 1 is 1.28 bits per heavy atom. The van der Waals surface area contributed by atoms with Crippen LogP contribution in [-0.2, 0) is 11.2 Å². The first-order valence-electron chi connectivity index (χ1n) is 7.83. The molecule has 1 N–H and O–H groups in total. The van der Waals surface area contributed by atoms with Crippen molar-refractivity contribution in [2.75, 3.05) is 11.1 Å². The summed E-state index contributed by atoms with van der Waals surface area (Å²) < 4.78 is 10.5. The fourth-order valence-corrected chi connectivity index (χ4v) is 2.85. The van der Waals surface area contributed by atoms with E-state index in [-0.39, 0.29) is 17.6 Å². The summed E-state index contributed by atoms with van der Waals surface area (Å²) in [6.45, 7) is 3.87. The summed E-state index contributed by atoms with van der Waals surface area (Å²) >= 11 is 1.19. The van der Waals surface area contributed by atoms with Crippen LogP contribution in [0.4, 0.5) is 5.82 Å². The van der Waals surface area contributed by atoms with Gasteiger partial charge in [0.05, 0.1) is 5.75 Å². The van der Waals surface area contributed by atoms with E-state index >= 15 is 0 Å². The van der Waals surface area contributed by atoms with Crippen molar-refractivity contribution in [3.63, 3.8) is 0 Å². The number of aromatic nitrogens is 3. The van der Waals surface area contributed by atoms with Gasteiger partial charge in [-0.3, -0.25) is 4.79 Å². The Hall–Kier alpha value is -2.61. The highest BCUT2D eigenvalue weighted by molar-refractivity contribution is 7.99. The van der Waals surface area contributed by atoms with Crippen LogP contribution in [0, 0.1) is 6.92 Å². The maximum atomic E-state index is 11.9. The molecule has 25 heavy (non-hydrogen) atoms. The topological polar surface area (TPSA) is 94.1 Å². The van der Waals surface area contributed by atoms with Crippen molar-refractivity contribution in [1.82, 2.24) is 15.4 Å². The normalized spacial score (nSPS) is 12.1. The highest BCUT2D eigenvalue weighted by Crippen LogP contribution is 2.22. The molecule has 0 saturated heterocycles. The molecule has 130 valence electrons. The average Bonchev–Trinajstić information content (AvgIpc) is 3.22. The summed E-state index contributed by atoms with van der Waals surface area (Å²) in [5.74, 6) is 1.81. The summed E-state index contributed by atoms with van der Waals surface area (Å²) in [4.78, 5) is 11.9. The molecular formula is C17H18N4O3S. The third kappa shape index (κ3) is 4.93. The van der Waals surface area contributed by atoms with Gasteiger partial charge in [0, 0.05) is 12.5 Å². The lowest BCUT2D eigenvalue weighted by Gasteiger charge is -2.08. The second kappa shape index (κ2) is 7.98. The lowest BCUT2D eigenvalue weighted by molar-refractivity contribution is -0.113. The van der Waals surface area contributed by atoms with Crippen LogP contribution in [0.15, 0.2) is 50.6 Å². The molecule has 1 aromatic carbocycles. The van der Waals surface area contributed by atoms with Gasteiger partial charge in [-0.05, 0) is 18.4 Å². The number of carbonyl (C=O) groups is 1. The number of aryl methyl sites for hydroxylation is 1. The van der Waals surface area contributed by atoms with Gasteiger partial charge in [0.25, 0.3) is 5.22 Å². The van der Waals surface area contributed by atoms with Crippen molar-refractivity contribution in [2.24, 2.45) is 0 Å². The molecule has 1 unspecified atom stereocenters. The Kier molecular flexibility index (Phi) is 5.49. The highest BCUT2D eigenvalue weighted by atomic mass is 32.2. The minimum absolute atomic E-state index is 0.155. The Balaban J connectivity index is 1.49. The SMILES string of the molecule is Cc1cc(NC(=O)CSc2nnc(CC(C)c3ccccc3)o2)no1. The van der Waals surface area contributed by atoms with Crippen molar-refractivity contribution in [3.8, 4) is 0 Å². The fourth-order valence-electron chi connectivity index (χ4n) is 2.27. The average molecular weight is 358 g/mol. The van der Waals surface area contributed by atoms with E-state index in [4.69, 9.17) is 8.94 Å². The highest BCUT2D eigenvalue weighted by Gasteiger charge is 2.14. The second-order valence-corrected chi connectivity index (χ2v) is 6.56. The van der Waals surface area contributed by atoms with Crippen molar-refractivity contribution in [2.45, 2.75) is 31.4 Å². The van der Waals surface area contributed by atoms with Crippen molar-refractivity contribution in [3.05, 3.63) is 53.6 Å². The van der Waals surface area contributed by atoms with Gasteiger partial charge in [0.2, 0.25) is 11.8 Å². The Morgan fingerprint density at radius 2 is 2.08 bits per heavy atom. The molecular weight excluding hydrogens is 340 g/mol. The quantitative estimate of drug-likeness (QED) is 0.646. The van der Waals surface area contributed by atoms with Gasteiger partial charge in [-0.25, -0.2) is 0 Å². The van der Waals surface area contributed by atoms with E-state index in [0.29, 0.717) is 29.1 Å². The van der Waals surface area contributed by atoms with E-state index in [2.05, 4.69) is 39.7 Å². The van der Waals surface area contributed by atoms with Gasteiger partial charge >= 0.3 is 0 Å². The zero-order valence-corrected chi connectivity index (χ0v) is 14.7. The number of rotatable bonds is 7. The summed E-state index contributed by atoms with van der Waals surface area (Å²) in [6, 6.07) is 11.8. The van der Waals surface area contributed by atoms with E-state index in [9.17, 15) is 4.79 Å². The summed E-state index contributed by atoms with van der Waals surface area (Å²) in [5.41, 5.74) is 1.22. The molecule has 8 heteroatoms. The largest absolute Gasteiger partial charge is 0.416 e. The van der Waals surface area contributed by atoms with Crippen LogP contribution in [0.25, 0.3) is 0 Å². The molecule has 2 aromatic heterocycles. The third-order valence-corrected chi connectivity index (χ3v) is 4.34. The standard InChI is InChI=1S/C17H18N4O3S/c1-11(13-6-4-3-5-7-13)8-16-19-20-17(23-16)25-10-15(22)18-14-9-12(2)24-21-14/h3-7,9,11H,8,10H2,1-2H3,(H,18,21,22). The van der Waals surface area contributed by atoms with E-state index in [1.807, 2.05) is 18.2 Å². The van der Waals surface area contributed by atoms with Crippen LogP contribution in [0.1, 0.15) is 30.1 Å². The number of thioether (sulfide) groups is 1. The van der Waals surface area contributed by atoms with Crippen LogP contribution >= 0.6 is 11.8 Å². The molecule has 0 aliphatic rings. The van der Waals surface area contributed by atoms with E-state index in [1.54, 1.807) is 13.0 Å². The number of amides is 1. The third-order valence-electron chi connectivity index (χ3n) is 3.52. The molecule has 1 atom stereocenters. The molecule has 7 nitrogen and oxygen atoms in total. The number of anilines is 1. The van der Waals surface area contributed by atoms with Crippen LogP contribution in [-0.4, -0.2) is 27.0 Å². The first-order chi connectivity index (χ1) is 12.1. The van der Waals surface area contributed by atoms with Gasteiger partial charge in [0.15, 0.2) is 5.82 Å². The fraction of sp³-hybridized carbons (Fsp3) is 0.294. The van der Waals surface area contributed by atoms with Crippen LogP contribution in [0.5, 0.6) is 0 Å². The monoisotopic (exact) mass is 358 g/mol. The number of nitrogens with one attached hydrogen (secondary N) is 1. The lowest BCUT2D eigenvalue weighted by atomic mass is 9.98. The van der Waals surface area contributed by atoms with Gasteiger partial charge in [-0.2, -0.15) is 0 Å². The van der Waals surface area contributed by atoms with Gasteiger partial charge in [0.1, 0.15) is 5.76 Å². The molecule has 0 bridgehead atoms. The molecule has 2 heterocycles. The van der Waals surface area contributed by atoms with E-state index in [0.717, 1.165) is 0 Å². The Morgan fingerprint density at radius 3 is 2.80 bits per heavy atom. The molecule has 0 aliphatic carbocycles. The Labute approximate surface area is 149 Å². The Bertz CT molecular complexity index is 831. The number of hydrogen-bond acceptors (Lipinski definition) is 7. The van der Waals surface area contributed by atoms with Crippen LogP contribution < -0.4 is 5.32 Å². The van der Waals surface area contributed by atoms with Crippen LogP contribution in [0.2, 0.25) is 0 Å². The summed E-state index contributed by atoms with van der Waals surface area (Å²) in [7, 11) is 0. The smallest absolute Gasteiger partial charge is 0.277 e. The van der Waals surface area contributed by atoms with Crippen LogP contribution in [0.3, 0.4) is 0 Å². The molecule has 3 aromatic rings. The molecule has 0 spiro atoms. The van der Waals surface area contributed by atoms with Crippen molar-refractivity contribution in [1.29, 1.82) is 0 Å². The predicted molar refractivity (Wildman–Crippen MR) is 93.5 cm³/mol. The van der Waals surface area contributed by atoms with Crippen molar-refractivity contribution < 1.29 is 13.7 Å². The van der Waals surface area contributed by atoms with E-state index in [1.165, 1.54) is 17.3 Å². The first kappa shape index (κ1) is 17.2. The summed E-state index contributed by atoms with van der Waals surface area (Å²) in [5, 5.41) is 14.8. The number of nitrogens with zero attached hydrogens (tertiary/aromatic N) is 3. The number of hydrogen-bond donors (Lipinski definition) is 1. The molecule has 3 rings (SSSR count). The number of carbonyl (C=O) groups excluding carboxylic acids is 1. The zero-order valence-electron chi connectivity index (χ0n) is 13.9. The van der Waals surface area contributed by atoms with Gasteiger partial charge in [-0.1, -0.05) is 54.2 Å². The van der Waals surface area contributed by atoms with Gasteiger partial charge < -0.3 is 14.3 Å². The first-order valence-corrected chi connectivity index (χ1v) is 8.82. The lowest BCUT2D eigenvalue weighted by Crippen LogP contribution is -2.14. The second-order valence-electron chi connectivity index (χ2n) is 5.64. The molecule has 0 fully saturated rings. The number of benzene rings is 1. The molecule has 0 aliphatic heterocycles. The van der Waals surface area contributed by atoms with Crippen molar-refractivity contribution >= 4 is 23.5 Å². The zero-order chi connectivity index (χ0) is 17.6. The predicted octanol–water partition coefficient (Wildman–Crippen LogP) is 3.44. The van der Waals surface area contributed by atoms with Gasteiger partial charge in [-0.15, -0.1) is 10.2 Å². The van der Waals surface area contributed by atoms with E-state index < -0.39 is 0 Å².